The van der Waals surface area contributed by atoms with Gasteiger partial charge in [0.1, 0.15) is 12.4 Å². The largest absolute Gasteiger partial charge is 0.489 e. The van der Waals surface area contributed by atoms with Crippen LogP contribution in [0.4, 0.5) is 19.3 Å². The van der Waals surface area contributed by atoms with Gasteiger partial charge in [0, 0.05) is 9.13 Å². The number of aryl methyl sites for hydroxylation is 2. The number of rotatable bonds is 5. The van der Waals surface area contributed by atoms with Gasteiger partial charge in [-0.3, -0.25) is 5.32 Å². The molecule has 0 radical (unpaired) electrons. The molecule has 2 aromatic rings. The molecule has 4 nitrogen and oxygen atoms in total. The number of alkyl halides is 2. The van der Waals surface area contributed by atoms with Crippen LogP contribution in [0.5, 0.6) is 5.75 Å². The minimum Gasteiger partial charge on any atom is -0.489 e. The molecule has 0 aliphatic carbocycles. The van der Waals surface area contributed by atoms with Crippen LogP contribution in [0.2, 0.25) is 0 Å². The van der Waals surface area contributed by atoms with Crippen molar-refractivity contribution in [3.63, 3.8) is 0 Å². The van der Waals surface area contributed by atoms with Gasteiger partial charge in [0.25, 0.3) is 0 Å². The maximum atomic E-state index is 12.1. The first kappa shape index (κ1) is 18.4. The molecule has 0 atom stereocenters. The second kappa shape index (κ2) is 8.27. The number of anilines is 1. The van der Waals surface area contributed by atoms with Crippen LogP contribution in [0.25, 0.3) is 0 Å². The first-order valence-corrected chi connectivity index (χ1v) is 8.17. The maximum absolute atomic E-state index is 12.1. The summed E-state index contributed by atoms with van der Waals surface area (Å²) in [7, 11) is 0. The molecule has 0 fully saturated rings. The van der Waals surface area contributed by atoms with Crippen molar-refractivity contribution >= 4 is 34.4 Å². The number of ether oxygens (including phenoxy) is 2. The minimum absolute atomic E-state index is 0.186. The second-order valence-electron chi connectivity index (χ2n) is 5.15. The Kier molecular flexibility index (Phi) is 6.36. The summed E-state index contributed by atoms with van der Waals surface area (Å²) in [5, 5.41) is 2.30. The topological polar surface area (TPSA) is 47.6 Å². The highest BCUT2D eigenvalue weighted by Gasteiger charge is 2.13. The van der Waals surface area contributed by atoms with E-state index in [2.05, 4.69) is 32.6 Å². The van der Waals surface area contributed by atoms with Crippen LogP contribution in [0.15, 0.2) is 36.4 Å². The lowest BCUT2D eigenvalue weighted by Crippen LogP contribution is -2.18. The zero-order chi connectivity index (χ0) is 17.7. The monoisotopic (exact) mass is 447 g/mol. The van der Waals surface area contributed by atoms with E-state index in [1.54, 1.807) is 12.1 Å². The summed E-state index contributed by atoms with van der Waals surface area (Å²) in [5.41, 5.74) is 3.15. The fourth-order valence-corrected chi connectivity index (χ4v) is 2.70. The van der Waals surface area contributed by atoms with Crippen LogP contribution in [-0.4, -0.2) is 12.7 Å². The molecule has 0 aliphatic rings. The third-order valence-corrected chi connectivity index (χ3v) is 3.88. The number of hydrogen-bond donors (Lipinski definition) is 1. The Hall–Kier alpha value is -1.90. The summed E-state index contributed by atoms with van der Waals surface area (Å²) in [6.45, 7) is 0.956. The summed E-state index contributed by atoms with van der Waals surface area (Å²) >= 11 is 2.12. The van der Waals surface area contributed by atoms with E-state index in [1.165, 1.54) is 0 Å². The smallest absolute Gasteiger partial charge is 0.416 e. The quantitative estimate of drug-likeness (QED) is 0.637. The van der Waals surface area contributed by atoms with Crippen LogP contribution in [0, 0.1) is 17.4 Å². The normalized spacial score (nSPS) is 10.6. The van der Waals surface area contributed by atoms with Gasteiger partial charge in [-0.15, -0.1) is 0 Å². The molecule has 1 N–H and O–H groups in total. The Bertz CT molecular complexity index is 738. The van der Waals surface area contributed by atoms with Crippen molar-refractivity contribution in [1.82, 2.24) is 0 Å². The number of carbonyl (C=O) groups excluding carboxylic acids is 1. The van der Waals surface area contributed by atoms with E-state index in [1.807, 2.05) is 38.1 Å². The van der Waals surface area contributed by atoms with Gasteiger partial charge in [0.2, 0.25) is 0 Å². The fraction of sp³-hybridized carbons (Fsp3) is 0.235. The molecule has 0 aromatic heterocycles. The lowest BCUT2D eigenvalue weighted by molar-refractivity contribution is -0.0766. The molecule has 0 bridgehead atoms. The Morgan fingerprint density at radius 3 is 2.62 bits per heavy atom. The molecule has 7 heteroatoms. The Morgan fingerprint density at radius 1 is 1.21 bits per heavy atom. The Labute approximate surface area is 152 Å². The van der Waals surface area contributed by atoms with Crippen LogP contribution in [-0.2, 0) is 11.3 Å². The number of halogens is 3. The van der Waals surface area contributed by atoms with Crippen molar-refractivity contribution in [3.05, 3.63) is 56.7 Å². The van der Waals surface area contributed by atoms with Gasteiger partial charge in [0.15, 0.2) is 0 Å². The highest BCUT2D eigenvalue weighted by molar-refractivity contribution is 14.1. The van der Waals surface area contributed by atoms with Crippen molar-refractivity contribution in [2.75, 3.05) is 5.32 Å². The van der Waals surface area contributed by atoms with E-state index < -0.39 is 12.7 Å². The second-order valence-corrected chi connectivity index (χ2v) is 6.40. The van der Waals surface area contributed by atoms with E-state index in [0.29, 0.717) is 11.3 Å². The molecule has 0 heterocycles. The molecule has 128 valence electrons. The van der Waals surface area contributed by atoms with Gasteiger partial charge in [-0.25, -0.2) is 4.79 Å². The first-order valence-electron chi connectivity index (χ1n) is 7.09. The maximum Gasteiger partial charge on any atom is 0.416 e. The van der Waals surface area contributed by atoms with Gasteiger partial charge >= 0.3 is 12.7 Å². The van der Waals surface area contributed by atoms with E-state index in [9.17, 15) is 13.6 Å². The summed E-state index contributed by atoms with van der Waals surface area (Å²) in [4.78, 5) is 11.4. The van der Waals surface area contributed by atoms with E-state index in [0.717, 1.165) is 20.4 Å². The SMILES string of the molecule is Cc1ccc(OCc2cc(I)ccc2NC(=O)OC(F)F)c(C)c1. The Morgan fingerprint density at radius 2 is 1.96 bits per heavy atom. The third-order valence-electron chi connectivity index (χ3n) is 3.21. The zero-order valence-electron chi connectivity index (χ0n) is 13.1. The van der Waals surface area contributed by atoms with Crippen molar-refractivity contribution in [1.29, 1.82) is 0 Å². The van der Waals surface area contributed by atoms with Crippen LogP contribution in [0.3, 0.4) is 0 Å². The highest BCUT2D eigenvalue weighted by atomic mass is 127. The van der Waals surface area contributed by atoms with Crippen molar-refractivity contribution in [2.24, 2.45) is 0 Å². The number of carbonyl (C=O) groups is 1. The lowest BCUT2D eigenvalue weighted by Gasteiger charge is -2.14. The molecule has 0 unspecified atom stereocenters. The molecule has 0 saturated carbocycles. The Balaban J connectivity index is 2.13. The van der Waals surface area contributed by atoms with Gasteiger partial charge in [0.05, 0.1) is 5.69 Å². The van der Waals surface area contributed by atoms with Gasteiger partial charge in [-0.2, -0.15) is 8.78 Å². The predicted molar refractivity (Wildman–Crippen MR) is 95.5 cm³/mol. The molecule has 0 saturated heterocycles. The molecule has 2 rings (SSSR count). The van der Waals surface area contributed by atoms with Crippen molar-refractivity contribution in [3.8, 4) is 5.75 Å². The molecule has 0 aliphatic heterocycles. The molecular weight excluding hydrogens is 431 g/mol. The third kappa shape index (κ3) is 5.33. The number of benzene rings is 2. The summed E-state index contributed by atoms with van der Waals surface area (Å²) < 4.78 is 34.7. The first-order chi connectivity index (χ1) is 11.3. The zero-order valence-corrected chi connectivity index (χ0v) is 15.3. The lowest BCUT2D eigenvalue weighted by atomic mass is 10.1. The van der Waals surface area contributed by atoms with E-state index >= 15 is 0 Å². The number of hydrogen-bond acceptors (Lipinski definition) is 3. The predicted octanol–water partition coefficient (Wildman–Crippen LogP) is 5.26. The van der Waals surface area contributed by atoms with E-state index in [-0.39, 0.29) is 6.61 Å². The number of nitrogens with one attached hydrogen (secondary N) is 1. The average molecular weight is 447 g/mol. The molecule has 24 heavy (non-hydrogen) atoms. The van der Waals surface area contributed by atoms with Gasteiger partial charge < -0.3 is 9.47 Å². The van der Waals surface area contributed by atoms with Crippen molar-refractivity contribution < 1.29 is 23.0 Å². The molecular formula is C17H16F2INO3. The van der Waals surface area contributed by atoms with Crippen LogP contribution < -0.4 is 10.1 Å². The number of amides is 1. The molecule has 0 spiro atoms. The van der Waals surface area contributed by atoms with E-state index in [4.69, 9.17) is 4.74 Å². The standard InChI is InChI=1S/C17H16F2INO3/c1-10-3-6-15(11(2)7-10)23-9-12-8-13(20)4-5-14(12)21-17(22)24-16(18)19/h3-8,16H,9H2,1-2H3,(H,21,22). The highest BCUT2D eigenvalue weighted by Crippen LogP contribution is 2.24. The molecule has 2 aromatic carbocycles. The minimum atomic E-state index is -3.16. The van der Waals surface area contributed by atoms with Crippen LogP contribution in [0.1, 0.15) is 16.7 Å². The molecule has 1 amide bonds. The fourth-order valence-electron chi connectivity index (χ4n) is 2.14. The summed E-state index contributed by atoms with van der Waals surface area (Å²) in [6, 6.07) is 11.0. The average Bonchev–Trinajstić information content (AvgIpc) is 2.48. The summed E-state index contributed by atoms with van der Waals surface area (Å²) in [5.74, 6) is 0.723. The van der Waals surface area contributed by atoms with Gasteiger partial charge in [-0.05, 0) is 66.3 Å². The van der Waals surface area contributed by atoms with Crippen LogP contribution >= 0.6 is 22.6 Å². The van der Waals surface area contributed by atoms with Gasteiger partial charge in [-0.1, -0.05) is 17.7 Å². The summed E-state index contributed by atoms with van der Waals surface area (Å²) in [6.07, 6.45) is -1.21. The van der Waals surface area contributed by atoms with Crippen molar-refractivity contribution in [2.45, 2.75) is 27.1 Å².